The van der Waals surface area contributed by atoms with E-state index >= 15 is 0 Å². The van der Waals surface area contributed by atoms with Gasteiger partial charge in [0.25, 0.3) is 0 Å². The molecule has 180 valence electrons. The van der Waals surface area contributed by atoms with Gasteiger partial charge in [-0.1, -0.05) is 132 Å². The van der Waals surface area contributed by atoms with Crippen LogP contribution >= 0.6 is 15.8 Å². The molecule has 0 radical (unpaired) electrons. The summed E-state index contributed by atoms with van der Waals surface area (Å²) in [5.74, 6) is 0. The molecular weight excluding hydrogens is 446 g/mol. The van der Waals surface area contributed by atoms with Crippen LogP contribution < -0.4 is 10.6 Å². The summed E-state index contributed by atoms with van der Waals surface area (Å²) in [6, 6.07) is 20.6. The van der Waals surface area contributed by atoms with Gasteiger partial charge in [0.15, 0.2) is 0 Å². The first-order valence-corrected chi connectivity index (χ1v) is 16.8. The van der Waals surface area contributed by atoms with Gasteiger partial charge in [0.2, 0.25) is 0 Å². The van der Waals surface area contributed by atoms with Crippen LogP contribution in [0.4, 0.5) is 0 Å². The van der Waals surface area contributed by atoms with Crippen LogP contribution in [-0.4, -0.2) is 22.6 Å². The van der Waals surface area contributed by atoms with Gasteiger partial charge in [-0.2, -0.15) is 0 Å². The number of hydrogen-bond donors (Lipinski definition) is 0. The monoisotopic (exact) mass is 488 g/mol. The van der Waals surface area contributed by atoms with E-state index in [0.717, 1.165) is 11.3 Å². The van der Waals surface area contributed by atoms with E-state index in [4.69, 9.17) is 0 Å². The first-order chi connectivity index (χ1) is 16.7. The standard InChI is InChI=1S/C32H42P2/c1-25-15-12-13-23-31(25)33(27-16-6-3-7-17-27)26(2)30-22-14-24-32(30)34(28-18-8-4-9-19-28)29-20-10-5-11-21-29/h3,6-7,12-17,22-24,26,28-29,32H,4-5,8-11,18-21H2,1-2H3/t26-,32+,33?/m0/s1. The Balaban J connectivity index is 1.49. The van der Waals surface area contributed by atoms with Crippen molar-refractivity contribution in [3.63, 3.8) is 0 Å². The fourth-order valence-corrected chi connectivity index (χ4v) is 14.2. The van der Waals surface area contributed by atoms with Gasteiger partial charge in [0, 0.05) is 11.3 Å². The van der Waals surface area contributed by atoms with Gasteiger partial charge in [-0.15, -0.1) is 0 Å². The highest BCUT2D eigenvalue weighted by Crippen LogP contribution is 2.63. The van der Waals surface area contributed by atoms with Crippen molar-refractivity contribution >= 4 is 26.5 Å². The lowest BCUT2D eigenvalue weighted by Crippen LogP contribution is -2.30. The van der Waals surface area contributed by atoms with Crippen molar-refractivity contribution in [3.05, 3.63) is 84.0 Å². The number of aryl methyl sites for hydroxylation is 1. The van der Waals surface area contributed by atoms with Gasteiger partial charge in [-0.3, -0.25) is 0 Å². The summed E-state index contributed by atoms with van der Waals surface area (Å²) in [7, 11) is -0.413. The van der Waals surface area contributed by atoms with Crippen LogP contribution in [0.1, 0.15) is 76.7 Å². The Hall–Kier alpha value is -1.22. The molecule has 0 spiro atoms. The zero-order valence-corrected chi connectivity index (χ0v) is 23.0. The number of rotatable bonds is 7. The molecule has 5 rings (SSSR count). The molecule has 0 heterocycles. The summed E-state index contributed by atoms with van der Waals surface area (Å²) in [6.45, 7) is 4.88. The van der Waals surface area contributed by atoms with Crippen LogP contribution in [0.15, 0.2) is 78.4 Å². The quantitative estimate of drug-likeness (QED) is 0.342. The molecule has 0 amide bonds. The van der Waals surface area contributed by atoms with E-state index in [2.05, 4.69) is 86.7 Å². The topological polar surface area (TPSA) is 0 Å². The van der Waals surface area contributed by atoms with Crippen molar-refractivity contribution in [2.75, 3.05) is 0 Å². The van der Waals surface area contributed by atoms with Gasteiger partial charge in [0.1, 0.15) is 0 Å². The third-order valence-corrected chi connectivity index (χ3v) is 15.3. The molecule has 0 nitrogen and oxygen atoms in total. The molecule has 0 saturated heterocycles. The van der Waals surface area contributed by atoms with Crippen LogP contribution in [0, 0.1) is 6.92 Å². The molecule has 3 atom stereocenters. The molecule has 0 bridgehead atoms. The van der Waals surface area contributed by atoms with Gasteiger partial charge >= 0.3 is 0 Å². The highest BCUT2D eigenvalue weighted by Gasteiger charge is 2.40. The van der Waals surface area contributed by atoms with Gasteiger partial charge in [-0.05, 0) is 68.0 Å². The van der Waals surface area contributed by atoms with E-state index in [-0.39, 0.29) is 7.92 Å². The third-order valence-electron chi connectivity index (χ3n) is 8.52. The first kappa shape index (κ1) is 24.5. The second-order valence-electron chi connectivity index (χ2n) is 10.7. The summed E-state index contributed by atoms with van der Waals surface area (Å²) in [6.07, 6.45) is 22.5. The van der Waals surface area contributed by atoms with E-state index in [0.29, 0.717) is 11.3 Å². The minimum atomic E-state index is -0.428. The van der Waals surface area contributed by atoms with E-state index < -0.39 is 7.92 Å². The number of hydrogen-bond acceptors (Lipinski definition) is 0. The fourth-order valence-electron chi connectivity index (χ4n) is 6.79. The van der Waals surface area contributed by atoms with Gasteiger partial charge in [-0.25, -0.2) is 0 Å². The van der Waals surface area contributed by atoms with Crippen molar-refractivity contribution in [1.82, 2.24) is 0 Å². The largest absolute Gasteiger partial charge is 0.0890 e. The molecular formula is C32H42P2. The summed E-state index contributed by atoms with van der Waals surface area (Å²) < 4.78 is 0. The van der Waals surface area contributed by atoms with E-state index in [9.17, 15) is 0 Å². The maximum absolute atomic E-state index is 2.65. The molecule has 2 aromatic carbocycles. The third kappa shape index (κ3) is 5.30. The molecule has 2 fully saturated rings. The zero-order valence-electron chi connectivity index (χ0n) is 21.2. The minimum absolute atomic E-state index is 0.0152. The lowest BCUT2D eigenvalue weighted by molar-refractivity contribution is 0.483. The Morgan fingerprint density at radius 1 is 0.735 bits per heavy atom. The van der Waals surface area contributed by atoms with Crippen molar-refractivity contribution < 1.29 is 0 Å². The van der Waals surface area contributed by atoms with Gasteiger partial charge < -0.3 is 0 Å². The Labute approximate surface area is 210 Å². The number of allylic oxidation sites excluding steroid dienone is 4. The van der Waals surface area contributed by atoms with Crippen molar-refractivity contribution in [3.8, 4) is 0 Å². The number of benzene rings is 2. The summed E-state index contributed by atoms with van der Waals surface area (Å²) in [5.41, 5.74) is 6.51. The van der Waals surface area contributed by atoms with Gasteiger partial charge in [0.05, 0.1) is 0 Å². The zero-order chi connectivity index (χ0) is 23.3. The summed E-state index contributed by atoms with van der Waals surface area (Å²) in [4.78, 5) is 0. The maximum Gasteiger partial charge on any atom is 0.0197 e. The molecule has 2 heteroatoms. The average molecular weight is 489 g/mol. The fraction of sp³-hybridized carbons (Fsp3) is 0.500. The minimum Gasteiger partial charge on any atom is -0.0890 e. The first-order valence-electron chi connectivity index (χ1n) is 13.8. The molecule has 3 aliphatic carbocycles. The molecule has 34 heavy (non-hydrogen) atoms. The maximum atomic E-state index is 2.65. The van der Waals surface area contributed by atoms with Crippen molar-refractivity contribution in [2.45, 2.75) is 101 Å². The predicted octanol–water partition coefficient (Wildman–Crippen LogP) is 8.83. The second-order valence-corrected chi connectivity index (χ2v) is 16.1. The average Bonchev–Trinajstić information content (AvgIpc) is 3.37. The SMILES string of the molecule is Cc1ccccc1P(c1ccccc1)[C@@H](C)C1=CC=C[C@H]1P(C1CCCCC1)C1CCCCC1. The molecule has 1 unspecified atom stereocenters. The van der Waals surface area contributed by atoms with E-state index in [1.807, 2.05) is 0 Å². The summed E-state index contributed by atoms with van der Waals surface area (Å²) in [5, 5.41) is 3.10. The van der Waals surface area contributed by atoms with E-state index in [1.165, 1.54) is 75.1 Å². The predicted molar refractivity (Wildman–Crippen MR) is 155 cm³/mol. The Bertz CT molecular complexity index is 961. The van der Waals surface area contributed by atoms with Crippen LogP contribution in [0.5, 0.6) is 0 Å². The normalized spacial score (nSPS) is 23.7. The van der Waals surface area contributed by atoms with E-state index in [1.54, 1.807) is 10.9 Å². The van der Waals surface area contributed by atoms with Crippen LogP contribution in [0.2, 0.25) is 0 Å². The highest BCUT2D eigenvalue weighted by molar-refractivity contribution is 7.74. The molecule has 2 saturated carbocycles. The van der Waals surface area contributed by atoms with Crippen LogP contribution in [0.3, 0.4) is 0 Å². The smallest absolute Gasteiger partial charge is 0.0197 e. The second kappa shape index (κ2) is 11.7. The molecule has 0 N–H and O–H groups in total. The lowest BCUT2D eigenvalue weighted by atomic mass is 9.99. The highest BCUT2D eigenvalue weighted by atomic mass is 31.1. The molecule has 0 aromatic heterocycles. The summed E-state index contributed by atoms with van der Waals surface area (Å²) >= 11 is 0. The van der Waals surface area contributed by atoms with Crippen LogP contribution in [0.25, 0.3) is 0 Å². The van der Waals surface area contributed by atoms with Crippen LogP contribution in [-0.2, 0) is 0 Å². The Morgan fingerprint density at radius 2 is 1.32 bits per heavy atom. The van der Waals surface area contributed by atoms with Crippen molar-refractivity contribution in [1.29, 1.82) is 0 Å². The molecule has 3 aliphatic rings. The Morgan fingerprint density at radius 3 is 1.94 bits per heavy atom. The Kier molecular flexibility index (Phi) is 8.40. The molecule has 0 aliphatic heterocycles. The van der Waals surface area contributed by atoms with Crippen molar-refractivity contribution in [2.24, 2.45) is 0 Å². The molecule has 2 aromatic rings. The lowest BCUT2D eigenvalue weighted by Gasteiger charge is -2.44.